The van der Waals surface area contributed by atoms with Crippen LogP contribution >= 0.6 is 11.6 Å². The van der Waals surface area contributed by atoms with Crippen LogP contribution < -0.4 is 15.8 Å². The van der Waals surface area contributed by atoms with Gasteiger partial charge in [0, 0.05) is 18.1 Å². The number of rotatable bonds is 5. The molecule has 27 heavy (non-hydrogen) atoms. The first-order chi connectivity index (χ1) is 13.0. The Balaban J connectivity index is 1.59. The standard InChI is InChI=1S/C18H23ClN4O4/c19-12-4-6-13(7-5-12)27-18(26)22-9-10-23-15(11-22)16(24)21-14(17(23)25)3-1-2-8-20/h4-7,14-15H,1-3,8-11,20H2,(H,21,24)/t14-,15+/m0/s1. The SMILES string of the molecule is NCCCC[C@@H]1NC(=O)[C@H]2CN(C(=O)Oc3ccc(Cl)cc3)CCN2C1=O. The number of fused-ring (bicyclic) bond motifs is 1. The molecule has 146 valence electrons. The molecule has 0 aromatic heterocycles. The zero-order valence-electron chi connectivity index (χ0n) is 14.9. The molecule has 0 saturated carbocycles. The van der Waals surface area contributed by atoms with E-state index in [0.717, 1.165) is 12.8 Å². The third-order valence-corrected chi connectivity index (χ3v) is 5.06. The van der Waals surface area contributed by atoms with Crippen molar-refractivity contribution in [3.63, 3.8) is 0 Å². The van der Waals surface area contributed by atoms with E-state index < -0.39 is 18.2 Å². The van der Waals surface area contributed by atoms with Crippen LogP contribution in [-0.2, 0) is 9.59 Å². The van der Waals surface area contributed by atoms with Gasteiger partial charge in [0.15, 0.2) is 0 Å². The molecule has 9 heteroatoms. The first-order valence-electron chi connectivity index (χ1n) is 9.03. The zero-order valence-corrected chi connectivity index (χ0v) is 15.7. The summed E-state index contributed by atoms with van der Waals surface area (Å²) in [6, 6.07) is 5.25. The second kappa shape index (κ2) is 8.58. The number of carbonyl (C=O) groups excluding carboxylic acids is 3. The van der Waals surface area contributed by atoms with Crippen molar-refractivity contribution in [1.82, 2.24) is 15.1 Å². The van der Waals surface area contributed by atoms with Crippen LogP contribution in [0, 0.1) is 0 Å². The summed E-state index contributed by atoms with van der Waals surface area (Å²) in [5.74, 6) is 0.0367. The average Bonchev–Trinajstić information content (AvgIpc) is 2.67. The van der Waals surface area contributed by atoms with Crippen molar-refractivity contribution < 1.29 is 19.1 Å². The molecule has 2 saturated heterocycles. The van der Waals surface area contributed by atoms with E-state index in [1.165, 1.54) is 4.90 Å². The lowest BCUT2D eigenvalue weighted by molar-refractivity contribution is -0.152. The molecule has 3 amide bonds. The largest absolute Gasteiger partial charge is 0.415 e. The number of ether oxygens (including phenoxy) is 1. The highest BCUT2D eigenvalue weighted by Crippen LogP contribution is 2.21. The topological polar surface area (TPSA) is 105 Å². The highest BCUT2D eigenvalue weighted by Gasteiger charge is 2.44. The number of halogens is 1. The second-order valence-electron chi connectivity index (χ2n) is 6.66. The normalized spacial score (nSPS) is 22.3. The molecule has 3 rings (SSSR count). The predicted molar refractivity (Wildman–Crippen MR) is 99.4 cm³/mol. The molecule has 8 nitrogen and oxygen atoms in total. The van der Waals surface area contributed by atoms with Gasteiger partial charge < -0.3 is 25.6 Å². The number of nitrogens with zero attached hydrogens (tertiary/aromatic N) is 2. The molecule has 0 aliphatic carbocycles. The summed E-state index contributed by atoms with van der Waals surface area (Å²) in [5.41, 5.74) is 5.48. The Bertz CT molecular complexity index is 712. The van der Waals surface area contributed by atoms with Crippen molar-refractivity contribution in [2.24, 2.45) is 5.73 Å². The van der Waals surface area contributed by atoms with Crippen LogP contribution in [0.1, 0.15) is 19.3 Å². The molecule has 2 aliphatic rings. The minimum Gasteiger partial charge on any atom is -0.410 e. The molecule has 1 aromatic rings. The third kappa shape index (κ3) is 4.51. The number of hydrogen-bond acceptors (Lipinski definition) is 5. The number of hydrogen-bond donors (Lipinski definition) is 2. The summed E-state index contributed by atoms with van der Waals surface area (Å²) in [7, 11) is 0. The molecule has 2 aliphatic heterocycles. The molecule has 2 fully saturated rings. The van der Waals surface area contributed by atoms with E-state index in [2.05, 4.69) is 5.32 Å². The number of benzene rings is 1. The highest BCUT2D eigenvalue weighted by molar-refractivity contribution is 6.30. The lowest BCUT2D eigenvalue weighted by atomic mass is 10.0. The first kappa shape index (κ1) is 19.4. The van der Waals surface area contributed by atoms with Gasteiger partial charge in [-0.25, -0.2) is 4.79 Å². The Morgan fingerprint density at radius 3 is 2.67 bits per heavy atom. The fourth-order valence-electron chi connectivity index (χ4n) is 3.32. The number of piperazine rings is 2. The molecule has 0 spiro atoms. The minimum absolute atomic E-state index is 0.0951. The van der Waals surface area contributed by atoms with Gasteiger partial charge in [0.1, 0.15) is 17.8 Å². The molecule has 0 unspecified atom stereocenters. The number of amides is 3. The van der Waals surface area contributed by atoms with Crippen molar-refractivity contribution in [1.29, 1.82) is 0 Å². The minimum atomic E-state index is -0.685. The zero-order chi connectivity index (χ0) is 19.4. The van der Waals surface area contributed by atoms with E-state index in [9.17, 15) is 14.4 Å². The Morgan fingerprint density at radius 2 is 1.96 bits per heavy atom. The molecule has 2 atom stereocenters. The maximum atomic E-state index is 12.6. The molecule has 0 radical (unpaired) electrons. The van der Waals surface area contributed by atoms with Crippen LogP contribution in [0.4, 0.5) is 4.79 Å². The molecule has 0 bridgehead atoms. The van der Waals surface area contributed by atoms with Gasteiger partial charge in [0.2, 0.25) is 11.8 Å². The maximum Gasteiger partial charge on any atom is 0.415 e. The summed E-state index contributed by atoms with van der Waals surface area (Å²) >= 11 is 5.82. The number of unbranched alkanes of at least 4 members (excludes halogenated alkanes) is 1. The number of carbonyl (C=O) groups is 3. The Morgan fingerprint density at radius 1 is 1.22 bits per heavy atom. The van der Waals surface area contributed by atoms with E-state index in [4.69, 9.17) is 22.1 Å². The van der Waals surface area contributed by atoms with Crippen LogP contribution in [0.25, 0.3) is 0 Å². The van der Waals surface area contributed by atoms with Crippen LogP contribution in [-0.4, -0.2) is 66.0 Å². The summed E-state index contributed by atoms with van der Waals surface area (Å²) in [6.07, 6.45) is 1.62. The first-order valence-corrected chi connectivity index (χ1v) is 9.40. The molecule has 1 aromatic carbocycles. The van der Waals surface area contributed by atoms with Crippen molar-refractivity contribution in [3.8, 4) is 5.75 Å². The van der Waals surface area contributed by atoms with Crippen LogP contribution in [0.15, 0.2) is 24.3 Å². The quantitative estimate of drug-likeness (QED) is 0.724. The van der Waals surface area contributed by atoms with Crippen molar-refractivity contribution in [3.05, 3.63) is 29.3 Å². The van der Waals surface area contributed by atoms with Gasteiger partial charge in [0.05, 0.1) is 6.54 Å². The Labute approximate surface area is 162 Å². The van der Waals surface area contributed by atoms with Gasteiger partial charge in [-0.15, -0.1) is 0 Å². The van der Waals surface area contributed by atoms with E-state index in [1.54, 1.807) is 29.2 Å². The summed E-state index contributed by atoms with van der Waals surface area (Å²) in [6.45, 7) is 1.29. The highest BCUT2D eigenvalue weighted by atomic mass is 35.5. The van der Waals surface area contributed by atoms with Crippen LogP contribution in [0.3, 0.4) is 0 Å². The molecule has 3 N–H and O–H groups in total. The summed E-state index contributed by atoms with van der Waals surface area (Å²) in [5, 5.41) is 3.32. The molecular weight excluding hydrogens is 372 g/mol. The Kier molecular flexibility index (Phi) is 6.18. The second-order valence-corrected chi connectivity index (χ2v) is 7.10. The van der Waals surface area contributed by atoms with Crippen LogP contribution in [0.5, 0.6) is 5.75 Å². The summed E-state index contributed by atoms with van der Waals surface area (Å²) in [4.78, 5) is 40.5. The maximum absolute atomic E-state index is 12.6. The van der Waals surface area contributed by atoms with E-state index in [-0.39, 0.29) is 18.4 Å². The van der Waals surface area contributed by atoms with Gasteiger partial charge in [-0.05, 0) is 50.1 Å². The predicted octanol–water partition coefficient (Wildman–Crippen LogP) is 0.979. The fraction of sp³-hybridized carbons (Fsp3) is 0.500. The average molecular weight is 395 g/mol. The lowest BCUT2D eigenvalue weighted by Crippen LogP contribution is -2.69. The van der Waals surface area contributed by atoms with E-state index in [0.29, 0.717) is 36.8 Å². The number of nitrogens with two attached hydrogens (primary N) is 1. The fourth-order valence-corrected chi connectivity index (χ4v) is 3.45. The van der Waals surface area contributed by atoms with Gasteiger partial charge in [-0.2, -0.15) is 0 Å². The lowest BCUT2D eigenvalue weighted by Gasteiger charge is -2.44. The third-order valence-electron chi connectivity index (χ3n) is 4.80. The summed E-state index contributed by atoms with van der Waals surface area (Å²) < 4.78 is 5.32. The van der Waals surface area contributed by atoms with Gasteiger partial charge >= 0.3 is 6.09 Å². The Hall–Kier alpha value is -2.32. The van der Waals surface area contributed by atoms with Gasteiger partial charge in [0.25, 0.3) is 0 Å². The van der Waals surface area contributed by atoms with Crippen molar-refractivity contribution in [2.75, 3.05) is 26.2 Å². The van der Waals surface area contributed by atoms with Gasteiger partial charge in [-0.1, -0.05) is 11.6 Å². The van der Waals surface area contributed by atoms with E-state index in [1.807, 2.05) is 0 Å². The number of nitrogens with one attached hydrogen (secondary N) is 1. The molecular formula is C18H23ClN4O4. The smallest absolute Gasteiger partial charge is 0.410 e. The van der Waals surface area contributed by atoms with E-state index >= 15 is 0 Å². The van der Waals surface area contributed by atoms with Crippen LogP contribution in [0.2, 0.25) is 5.02 Å². The van der Waals surface area contributed by atoms with Crippen molar-refractivity contribution >= 4 is 29.5 Å². The monoisotopic (exact) mass is 394 g/mol. The van der Waals surface area contributed by atoms with Gasteiger partial charge in [-0.3, -0.25) is 9.59 Å². The van der Waals surface area contributed by atoms with Crippen molar-refractivity contribution in [2.45, 2.75) is 31.3 Å². The molecule has 2 heterocycles.